The number of thiazole rings is 1. The lowest BCUT2D eigenvalue weighted by atomic mass is 9.81. The number of fused-ring (bicyclic) bond motifs is 1. The molecular weight excluding hydrogens is 330 g/mol. The molecule has 0 amide bonds. The minimum Gasteiger partial charge on any atom is -0.497 e. The van der Waals surface area contributed by atoms with Gasteiger partial charge in [-0.3, -0.25) is 0 Å². The molecule has 3 rings (SSSR count). The second-order valence-electron chi connectivity index (χ2n) is 7.13. The summed E-state index contributed by atoms with van der Waals surface area (Å²) in [7, 11) is 7.90. The molecule has 0 unspecified atom stereocenters. The van der Waals surface area contributed by atoms with E-state index in [9.17, 15) is 0 Å². The number of nitrogens with zero attached hydrogens (tertiary/aromatic N) is 3. The molecule has 0 spiro atoms. The Morgan fingerprint density at radius 3 is 2.56 bits per heavy atom. The zero-order valence-corrected chi connectivity index (χ0v) is 16.9. The average molecular weight is 357 g/mol. The van der Waals surface area contributed by atoms with Crippen molar-refractivity contribution in [1.29, 1.82) is 0 Å². The zero-order chi connectivity index (χ0) is 18.4. The van der Waals surface area contributed by atoms with Crippen molar-refractivity contribution >= 4 is 33.9 Å². The van der Waals surface area contributed by atoms with Gasteiger partial charge in [-0.2, -0.15) is 4.58 Å². The van der Waals surface area contributed by atoms with Crippen molar-refractivity contribution < 1.29 is 9.31 Å². The van der Waals surface area contributed by atoms with Gasteiger partial charge in [0.05, 0.1) is 23.1 Å². The number of methoxy groups -OCH3 is 1. The minimum absolute atomic E-state index is 0.0713. The van der Waals surface area contributed by atoms with Crippen molar-refractivity contribution in [3.63, 3.8) is 0 Å². The highest BCUT2D eigenvalue weighted by Gasteiger charge is 2.43. The zero-order valence-electron chi connectivity index (χ0n) is 16.0. The molecule has 25 heavy (non-hydrogen) atoms. The summed E-state index contributed by atoms with van der Waals surface area (Å²) >= 11 is 1.72. The quantitative estimate of drug-likeness (QED) is 0.767. The van der Waals surface area contributed by atoms with Crippen LogP contribution in [-0.2, 0) is 5.41 Å². The van der Waals surface area contributed by atoms with Crippen LogP contribution in [0.1, 0.15) is 30.0 Å². The maximum absolute atomic E-state index is 5.42. The number of benzene rings is 1. The molecule has 2 heterocycles. The summed E-state index contributed by atoms with van der Waals surface area (Å²) in [5, 5.41) is 1.04. The number of aryl methyl sites for hydroxylation is 1. The van der Waals surface area contributed by atoms with Gasteiger partial charge < -0.3 is 9.64 Å². The van der Waals surface area contributed by atoms with Gasteiger partial charge in [0.1, 0.15) is 12.8 Å². The molecule has 0 saturated heterocycles. The van der Waals surface area contributed by atoms with E-state index < -0.39 is 0 Å². The van der Waals surface area contributed by atoms with Crippen LogP contribution in [0.3, 0.4) is 0 Å². The molecule has 1 aromatic carbocycles. The fourth-order valence-electron chi connectivity index (χ4n) is 3.34. The molecule has 0 N–H and O–H groups in total. The fraction of sp³-hybridized carbons (Fsp3) is 0.400. The van der Waals surface area contributed by atoms with Gasteiger partial charge in [-0.05, 0) is 39.0 Å². The maximum atomic E-state index is 5.42. The van der Waals surface area contributed by atoms with Crippen molar-refractivity contribution in [3.05, 3.63) is 40.4 Å². The predicted octanol–water partition coefficient (Wildman–Crippen LogP) is 4.25. The van der Waals surface area contributed by atoms with E-state index in [1.54, 1.807) is 18.4 Å². The summed E-state index contributed by atoms with van der Waals surface area (Å²) in [4.78, 5) is 7.88. The van der Waals surface area contributed by atoms with Crippen LogP contribution in [0.4, 0.5) is 10.8 Å². The first-order valence-electron chi connectivity index (χ1n) is 8.38. The van der Waals surface area contributed by atoms with Crippen LogP contribution in [0.2, 0.25) is 0 Å². The van der Waals surface area contributed by atoms with Gasteiger partial charge >= 0.3 is 0 Å². The van der Waals surface area contributed by atoms with E-state index in [0.717, 1.165) is 16.6 Å². The molecule has 5 heteroatoms. The van der Waals surface area contributed by atoms with Crippen LogP contribution in [0.15, 0.2) is 24.3 Å². The van der Waals surface area contributed by atoms with E-state index in [1.165, 1.54) is 21.8 Å². The third-order valence-electron chi connectivity index (χ3n) is 4.84. The maximum Gasteiger partial charge on any atom is 0.209 e. The lowest BCUT2D eigenvalue weighted by Gasteiger charge is -2.16. The first kappa shape index (κ1) is 17.7. The molecule has 2 aromatic rings. The molecule has 0 atom stereocenters. The van der Waals surface area contributed by atoms with Gasteiger partial charge in [0.25, 0.3) is 0 Å². The van der Waals surface area contributed by atoms with E-state index in [2.05, 4.69) is 66.6 Å². The Kier molecular flexibility index (Phi) is 4.45. The second kappa shape index (κ2) is 6.30. The normalized spacial score (nSPS) is 15.8. The van der Waals surface area contributed by atoms with Gasteiger partial charge in [-0.25, -0.2) is 4.98 Å². The monoisotopic (exact) mass is 356 g/mol. The molecular formula is C20H26N3OS+. The molecule has 1 aliphatic rings. The van der Waals surface area contributed by atoms with Crippen molar-refractivity contribution in [2.45, 2.75) is 26.2 Å². The predicted molar refractivity (Wildman–Crippen MR) is 107 cm³/mol. The summed E-state index contributed by atoms with van der Waals surface area (Å²) in [6.07, 6.45) is 4.42. The van der Waals surface area contributed by atoms with Crippen molar-refractivity contribution in [2.75, 3.05) is 33.2 Å². The number of ether oxygens (including phenoxy) is 1. The molecule has 0 aliphatic carbocycles. The van der Waals surface area contributed by atoms with Crippen molar-refractivity contribution in [3.8, 4) is 5.75 Å². The largest absolute Gasteiger partial charge is 0.497 e. The molecule has 0 fully saturated rings. The van der Waals surface area contributed by atoms with Gasteiger partial charge in [0.2, 0.25) is 5.69 Å². The van der Waals surface area contributed by atoms with Gasteiger partial charge in [0, 0.05) is 31.8 Å². The number of hydrogen-bond donors (Lipinski definition) is 0. The van der Waals surface area contributed by atoms with Crippen LogP contribution < -0.4 is 9.64 Å². The number of allylic oxidation sites excluding steroid dienone is 1. The van der Waals surface area contributed by atoms with Crippen LogP contribution in [0, 0.1) is 6.92 Å². The second-order valence-corrected chi connectivity index (χ2v) is 8.14. The molecule has 132 valence electrons. The molecule has 1 aliphatic heterocycles. The number of aromatic nitrogens is 1. The third kappa shape index (κ3) is 2.97. The number of hydrogen-bond acceptors (Lipinski definition) is 4. The van der Waals surface area contributed by atoms with Crippen molar-refractivity contribution in [2.24, 2.45) is 0 Å². The highest BCUT2D eigenvalue weighted by Crippen LogP contribution is 2.41. The smallest absolute Gasteiger partial charge is 0.209 e. The summed E-state index contributed by atoms with van der Waals surface area (Å²) in [5.41, 5.74) is 4.81. The van der Waals surface area contributed by atoms with Crippen LogP contribution in [0.25, 0.3) is 6.08 Å². The highest BCUT2D eigenvalue weighted by atomic mass is 32.1. The first-order chi connectivity index (χ1) is 11.8. The van der Waals surface area contributed by atoms with Crippen LogP contribution in [0.5, 0.6) is 5.75 Å². The molecule has 0 saturated carbocycles. The third-order valence-corrected chi connectivity index (χ3v) is 6.13. The topological polar surface area (TPSA) is 28.4 Å². The Hall–Kier alpha value is -2.14. The van der Waals surface area contributed by atoms with Crippen molar-refractivity contribution in [1.82, 2.24) is 4.98 Å². The molecule has 1 aromatic heterocycles. The van der Waals surface area contributed by atoms with E-state index in [-0.39, 0.29) is 5.41 Å². The van der Waals surface area contributed by atoms with Gasteiger partial charge in [-0.1, -0.05) is 11.3 Å². The lowest BCUT2D eigenvalue weighted by molar-refractivity contribution is -0.401. The Labute approximate surface area is 154 Å². The molecule has 0 bridgehead atoms. The van der Waals surface area contributed by atoms with Gasteiger partial charge in [0.15, 0.2) is 10.8 Å². The van der Waals surface area contributed by atoms with Crippen LogP contribution >= 0.6 is 11.3 Å². The summed E-state index contributed by atoms with van der Waals surface area (Å²) < 4.78 is 7.69. The van der Waals surface area contributed by atoms with E-state index in [4.69, 9.17) is 4.74 Å². The Morgan fingerprint density at radius 1 is 1.24 bits per heavy atom. The highest BCUT2D eigenvalue weighted by molar-refractivity contribution is 7.16. The fourth-order valence-corrected chi connectivity index (χ4v) is 4.23. The number of rotatable bonds is 4. The van der Waals surface area contributed by atoms with Crippen LogP contribution in [-0.4, -0.2) is 43.5 Å². The summed E-state index contributed by atoms with van der Waals surface area (Å²) in [6, 6.07) is 6.31. The SMILES string of the molecule is COc1ccc2c(c1)C(C)(C)C(C=Cc1sc(N(C)C)nc1C)=[N+]2C. The minimum atomic E-state index is -0.0713. The summed E-state index contributed by atoms with van der Waals surface area (Å²) in [5.74, 6) is 0.902. The first-order valence-corrected chi connectivity index (χ1v) is 9.20. The van der Waals surface area contributed by atoms with E-state index >= 15 is 0 Å². The Morgan fingerprint density at radius 2 is 1.96 bits per heavy atom. The van der Waals surface area contributed by atoms with E-state index in [0.29, 0.717) is 0 Å². The average Bonchev–Trinajstić information content (AvgIpc) is 3.02. The standard InChI is InChI=1S/C20H26N3OS/c1-13-17(25-19(21-13)22(4)5)10-11-18-20(2,3)15-12-14(24-7)8-9-16(15)23(18)6/h8-12H,1-7H3/q+1. The Bertz CT molecular complexity index is 875. The van der Waals surface area contributed by atoms with Gasteiger partial charge in [-0.15, -0.1) is 0 Å². The van der Waals surface area contributed by atoms with E-state index in [1.807, 2.05) is 20.2 Å². The lowest BCUT2D eigenvalue weighted by Crippen LogP contribution is -2.26. The molecule has 4 nitrogen and oxygen atoms in total. The number of anilines is 1. The Balaban J connectivity index is 1.99. The summed E-state index contributed by atoms with van der Waals surface area (Å²) in [6.45, 7) is 6.59. The molecule has 0 radical (unpaired) electrons.